The van der Waals surface area contributed by atoms with Gasteiger partial charge in [0.25, 0.3) is 5.91 Å². The van der Waals surface area contributed by atoms with E-state index in [1.165, 1.54) is 6.21 Å². The van der Waals surface area contributed by atoms with E-state index >= 15 is 0 Å². The van der Waals surface area contributed by atoms with Crippen molar-refractivity contribution in [3.05, 3.63) is 69.7 Å². The molecule has 1 amide bonds. The quantitative estimate of drug-likeness (QED) is 0.559. The van der Waals surface area contributed by atoms with Gasteiger partial charge in [-0.3, -0.25) is 4.79 Å². The molecule has 0 radical (unpaired) electrons. The van der Waals surface area contributed by atoms with Gasteiger partial charge >= 0.3 is 0 Å². The minimum Gasteiger partial charge on any atom is -0.272 e. The fourth-order valence-electron chi connectivity index (χ4n) is 2.05. The van der Waals surface area contributed by atoms with Gasteiger partial charge in [0.05, 0.1) is 24.0 Å². The first-order chi connectivity index (χ1) is 12.3. The van der Waals surface area contributed by atoms with Crippen molar-refractivity contribution in [2.75, 3.05) is 12.8 Å². The summed E-state index contributed by atoms with van der Waals surface area (Å²) in [7, 11) is -3.56. The third-order valence-electron chi connectivity index (χ3n) is 3.35. The monoisotopic (exact) mass is 413 g/mol. The number of rotatable bonds is 7. The van der Waals surface area contributed by atoms with E-state index in [4.69, 9.17) is 23.2 Å². The Morgan fingerprint density at radius 1 is 1.19 bits per heavy atom. The molecule has 0 spiro atoms. The van der Waals surface area contributed by atoms with E-state index in [0.29, 0.717) is 15.6 Å². The van der Waals surface area contributed by atoms with Crippen LogP contribution in [0.3, 0.4) is 0 Å². The van der Waals surface area contributed by atoms with Crippen LogP contribution in [0.15, 0.2) is 53.6 Å². The van der Waals surface area contributed by atoms with Crippen LogP contribution in [-0.4, -0.2) is 37.6 Å². The van der Waals surface area contributed by atoms with Crippen molar-refractivity contribution < 1.29 is 13.2 Å². The highest BCUT2D eigenvalue weighted by Crippen LogP contribution is 2.19. The minimum absolute atomic E-state index is 0.0970. The van der Waals surface area contributed by atoms with Crippen LogP contribution < -0.4 is 5.43 Å². The van der Waals surface area contributed by atoms with Gasteiger partial charge in [-0.15, -0.1) is 0 Å². The van der Waals surface area contributed by atoms with Gasteiger partial charge in [0.2, 0.25) is 10.0 Å². The van der Waals surface area contributed by atoms with E-state index in [9.17, 15) is 13.2 Å². The zero-order valence-corrected chi connectivity index (χ0v) is 16.2. The second-order valence-corrected chi connectivity index (χ2v) is 8.30. The number of hydrazone groups is 1. The normalized spacial score (nSPS) is 11.8. The maximum atomic E-state index is 12.0. The molecular formula is C17H17Cl2N3O3S. The Hall–Kier alpha value is -1.93. The van der Waals surface area contributed by atoms with E-state index in [2.05, 4.69) is 10.5 Å². The lowest BCUT2D eigenvalue weighted by atomic mass is 10.2. The summed E-state index contributed by atoms with van der Waals surface area (Å²) < 4.78 is 24.9. The summed E-state index contributed by atoms with van der Waals surface area (Å²) in [5.74, 6) is -0.562. The van der Waals surface area contributed by atoms with Crippen molar-refractivity contribution in [1.29, 1.82) is 0 Å². The van der Waals surface area contributed by atoms with E-state index in [1.54, 1.807) is 42.5 Å². The molecule has 1 N–H and O–H groups in total. The number of sulfonamides is 1. The second kappa shape index (κ2) is 9.14. The van der Waals surface area contributed by atoms with Gasteiger partial charge in [0.1, 0.15) is 0 Å². The molecule has 9 heteroatoms. The highest BCUT2D eigenvalue weighted by atomic mass is 35.5. The number of amides is 1. The first kappa shape index (κ1) is 20.4. The van der Waals surface area contributed by atoms with Gasteiger partial charge in [0, 0.05) is 17.1 Å². The van der Waals surface area contributed by atoms with Gasteiger partial charge in [0.15, 0.2) is 0 Å². The fourth-order valence-corrected chi connectivity index (χ4v) is 3.25. The molecule has 0 aromatic heterocycles. The minimum atomic E-state index is -3.56. The van der Waals surface area contributed by atoms with Crippen molar-refractivity contribution >= 4 is 45.3 Å². The van der Waals surface area contributed by atoms with Gasteiger partial charge in [-0.2, -0.15) is 9.41 Å². The summed E-state index contributed by atoms with van der Waals surface area (Å²) in [4.78, 5) is 12.0. The topological polar surface area (TPSA) is 78.8 Å². The third kappa shape index (κ3) is 6.42. The molecule has 6 nitrogen and oxygen atoms in total. The molecule has 0 aliphatic carbocycles. The summed E-state index contributed by atoms with van der Waals surface area (Å²) in [5, 5.41) is 4.67. The van der Waals surface area contributed by atoms with E-state index in [0.717, 1.165) is 16.1 Å². The Labute approximate surface area is 162 Å². The number of nitrogens with zero attached hydrogens (tertiary/aromatic N) is 2. The number of carbonyl (C=O) groups is 1. The Balaban J connectivity index is 2.00. The van der Waals surface area contributed by atoms with Crippen molar-refractivity contribution in [3.8, 4) is 0 Å². The van der Waals surface area contributed by atoms with E-state index in [1.807, 2.05) is 6.07 Å². The molecule has 138 valence electrons. The number of hydrogen-bond acceptors (Lipinski definition) is 4. The average molecular weight is 414 g/mol. The SMILES string of the molecule is CS(=O)(=O)N(CC(=O)N/N=C\c1ccc(Cl)cc1Cl)Cc1ccccc1. The van der Waals surface area contributed by atoms with Crippen LogP contribution >= 0.6 is 23.2 Å². The molecule has 0 atom stereocenters. The lowest BCUT2D eigenvalue weighted by molar-refractivity contribution is -0.121. The Kier molecular flexibility index (Phi) is 7.16. The smallest absolute Gasteiger partial charge is 0.255 e. The van der Waals surface area contributed by atoms with Crippen LogP contribution in [0.25, 0.3) is 0 Å². The number of halogens is 2. The standard InChI is InChI=1S/C17H17Cl2N3O3S/c1-26(24,25)22(11-13-5-3-2-4-6-13)12-17(23)21-20-10-14-7-8-15(18)9-16(14)19/h2-10H,11-12H2,1H3,(H,21,23)/b20-10-. The number of nitrogens with one attached hydrogen (secondary N) is 1. The van der Waals surface area contributed by atoms with Crippen LogP contribution in [0.4, 0.5) is 0 Å². The highest BCUT2D eigenvalue weighted by Gasteiger charge is 2.20. The molecule has 26 heavy (non-hydrogen) atoms. The summed E-state index contributed by atoms with van der Waals surface area (Å²) in [6.07, 6.45) is 2.42. The molecule has 0 bridgehead atoms. The average Bonchev–Trinajstić information content (AvgIpc) is 2.56. The maximum absolute atomic E-state index is 12.0. The molecule has 2 aromatic carbocycles. The molecule has 0 fully saturated rings. The van der Waals surface area contributed by atoms with Gasteiger partial charge in [-0.1, -0.05) is 59.6 Å². The highest BCUT2D eigenvalue weighted by molar-refractivity contribution is 7.88. The van der Waals surface area contributed by atoms with E-state index in [-0.39, 0.29) is 13.1 Å². The number of hydrogen-bond donors (Lipinski definition) is 1. The zero-order chi connectivity index (χ0) is 19.2. The molecule has 0 aliphatic heterocycles. The van der Waals surface area contributed by atoms with Crippen LogP contribution in [0, 0.1) is 0 Å². The van der Waals surface area contributed by atoms with Gasteiger partial charge in [-0.05, 0) is 17.7 Å². The summed E-state index contributed by atoms with van der Waals surface area (Å²) in [5.41, 5.74) is 3.64. The molecule has 0 aliphatic rings. The first-order valence-electron chi connectivity index (χ1n) is 7.52. The molecule has 2 rings (SSSR count). The fraction of sp³-hybridized carbons (Fsp3) is 0.176. The summed E-state index contributed by atoms with van der Waals surface area (Å²) in [6.45, 7) is -0.251. The van der Waals surface area contributed by atoms with Crippen molar-refractivity contribution in [1.82, 2.24) is 9.73 Å². The van der Waals surface area contributed by atoms with Crippen LogP contribution in [0.1, 0.15) is 11.1 Å². The lowest BCUT2D eigenvalue weighted by Crippen LogP contribution is -2.38. The van der Waals surface area contributed by atoms with Crippen molar-refractivity contribution in [2.45, 2.75) is 6.54 Å². The predicted octanol–water partition coefficient (Wildman–Crippen LogP) is 2.91. The van der Waals surface area contributed by atoms with E-state index < -0.39 is 15.9 Å². The molecule has 0 heterocycles. The molecule has 0 saturated heterocycles. The zero-order valence-electron chi connectivity index (χ0n) is 13.9. The summed E-state index contributed by atoms with van der Waals surface area (Å²) >= 11 is 11.8. The molecule has 0 unspecified atom stereocenters. The van der Waals surface area contributed by atoms with Crippen molar-refractivity contribution in [2.24, 2.45) is 5.10 Å². The predicted molar refractivity (Wildman–Crippen MR) is 104 cm³/mol. The number of benzene rings is 2. The van der Waals surface area contributed by atoms with Gasteiger partial charge in [-0.25, -0.2) is 13.8 Å². The lowest BCUT2D eigenvalue weighted by Gasteiger charge is -2.18. The maximum Gasteiger partial charge on any atom is 0.255 e. The molecule has 2 aromatic rings. The Morgan fingerprint density at radius 3 is 2.50 bits per heavy atom. The Morgan fingerprint density at radius 2 is 1.88 bits per heavy atom. The molecule has 0 saturated carbocycles. The first-order valence-corrected chi connectivity index (χ1v) is 10.1. The number of carbonyl (C=O) groups excluding carboxylic acids is 1. The largest absolute Gasteiger partial charge is 0.272 e. The molecular weight excluding hydrogens is 397 g/mol. The third-order valence-corrected chi connectivity index (χ3v) is 5.10. The van der Waals surface area contributed by atoms with Gasteiger partial charge < -0.3 is 0 Å². The van der Waals surface area contributed by atoms with Crippen molar-refractivity contribution in [3.63, 3.8) is 0 Å². The summed E-state index contributed by atoms with van der Waals surface area (Å²) in [6, 6.07) is 13.9. The second-order valence-electron chi connectivity index (χ2n) is 5.48. The van der Waals surface area contributed by atoms with Crippen LogP contribution in [-0.2, 0) is 21.4 Å². The van der Waals surface area contributed by atoms with Crippen LogP contribution in [0.5, 0.6) is 0 Å². The van der Waals surface area contributed by atoms with Crippen LogP contribution in [0.2, 0.25) is 10.0 Å². The Bertz CT molecular complexity index is 903.